The number of carbonyl (C=O) groups is 3. The molecular weight excluding hydrogens is 296 g/mol. The number of amides is 2. The third-order valence-electron chi connectivity index (χ3n) is 5.39. The minimum atomic E-state index is -0.651. The van der Waals surface area contributed by atoms with Crippen LogP contribution in [0.4, 0.5) is 0 Å². The molecule has 1 heterocycles. The highest BCUT2D eigenvalue weighted by molar-refractivity contribution is 5.89. The minimum Gasteiger partial charge on any atom is -0.464 e. The van der Waals surface area contributed by atoms with Crippen LogP contribution in [0.25, 0.3) is 0 Å². The van der Waals surface area contributed by atoms with Gasteiger partial charge in [0.05, 0.1) is 13.2 Å². The van der Waals surface area contributed by atoms with E-state index in [1.807, 2.05) is 0 Å². The maximum absolute atomic E-state index is 12.6. The van der Waals surface area contributed by atoms with Gasteiger partial charge in [0.1, 0.15) is 6.04 Å². The number of hydrogen-bond donors (Lipinski definition) is 0. The fourth-order valence-electron chi connectivity index (χ4n) is 3.47. The van der Waals surface area contributed by atoms with Crippen molar-refractivity contribution >= 4 is 17.8 Å². The predicted octanol–water partition coefficient (Wildman–Crippen LogP) is 0.901. The molecule has 2 amide bonds. The van der Waals surface area contributed by atoms with E-state index in [0.717, 1.165) is 12.8 Å². The van der Waals surface area contributed by atoms with Gasteiger partial charge in [-0.1, -0.05) is 13.8 Å². The van der Waals surface area contributed by atoms with Gasteiger partial charge in [-0.15, -0.1) is 0 Å². The second-order valence-corrected chi connectivity index (χ2v) is 7.22. The average molecular weight is 322 g/mol. The molecule has 3 aliphatic rings. The molecule has 23 heavy (non-hydrogen) atoms. The molecule has 0 aromatic carbocycles. The molecular formula is C17H26N2O4. The second-order valence-electron chi connectivity index (χ2n) is 7.22. The maximum Gasteiger partial charge on any atom is 0.330 e. The Bertz CT molecular complexity index is 521. The van der Waals surface area contributed by atoms with E-state index in [9.17, 15) is 14.4 Å². The lowest BCUT2D eigenvalue weighted by Crippen LogP contribution is -2.60. The van der Waals surface area contributed by atoms with Crippen LogP contribution in [-0.2, 0) is 19.1 Å². The van der Waals surface area contributed by atoms with Gasteiger partial charge in [0.15, 0.2) is 0 Å². The molecule has 1 aliphatic heterocycles. The molecule has 3 rings (SSSR count). The van der Waals surface area contributed by atoms with Crippen molar-refractivity contribution in [1.82, 2.24) is 9.80 Å². The van der Waals surface area contributed by atoms with Crippen LogP contribution >= 0.6 is 0 Å². The fourth-order valence-corrected chi connectivity index (χ4v) is 3.47. The van der Waals surface area contributed by atoms with Crippen LogP contribution in [0.15, 0.2) is 0 Å². The van der Waals surface area contributed by atoms with Gasteiger partial charge >= 0.3 is 5.97 Å². The first-order chi connectivity index (χ1) is 10.9. The van der Waals surface area contributed by atoms with E-state index in [-0.39, 0.29) is 36.8 Å². The lowest BCUT2D eigenvalue weighted by Gasteiger charge is -2.40. The van der Waals surface area contributed by atoms with Crippen molar-refractivity contribution < 1.29 is 19.1 Å². The van der Waals surface area contributed by atoms with Crippen LogP contribution in [0.2, 0.25) is 0 Å². The summed E-state index contributed by atoms with van der Waals surface area (Å²) in [7, 11) is 0. The second kappa shape index (κ2) is 6.13. The summed E-state index contributed by atoms with van der Waals surface area (Å²) in [6.07, 6.45) is 1.83. The zero-order valence-corrected chi connectivity index (χ0v) is 14.2. The summed E-state index contributed by atoms with van der Waals surface area (Å²) < 4.78 is 5.14. The first-order valence-electron chi connectivity index (χ1n) is 8.70. The Morgan fingerprint density at radius 2 is 1.57 bits per heavy atom. The van der Waals surface area contributed by atoms with E-state index in [4.69, 9.17) is 4.74 Å². The van der Waals surface area contributed by atoms with Crippen molar-refractivity contribution in [2.75, 3.05) is 26.2 Å². The molecule has 0 aromatic rings. The zero-order valence-electron chi connectivity index (χ0n) is 14.2. The van der Waals surface area contributed by atoms with E-state index in [2.05, 4.69) is 13.8 Å². The molecule has 0 unspecified atom stereocenters. The number of rotatable bonds is 4. The van der Waals surface area contributed by atoms with Gasteiger partial charge < -0.3 is 14.5 Å². The summed E-state index contributed by atoms with van der Waals surface area (Å²) >= 11 is 0. The maximum atomic E-state index is 12.6. The highest BCUT2D eigenvalue weighted by Gasteiger charge is 2.48. The monoisotopic (exact) mass is 322 g/mol. The van der Waals surface area contributed by atoms with Gasteiger partial charge in [0.2, 0.25) is 11.8 Å². The van der Waals surface area contributed by atoms with Crippen LogP contribution in [0, 0.1) is 23.7 Å². The summed E-state index contributed by atoms with van der Waals surface area (Å²) in [5, 5.41) is 0. The molecule has 6 nitrogen and oxygen atoms in total. The van der Waals surface area contributed by atoms with Gasteiger partial charge in [-0.25, -0.2) is 4.79 Å². The number of ether oxygens (including phenoxy) is 1. The topological polar surface area (TPSA) is 66.9 Å². The highest BCUT2D eigenvalue weighted by atomic mass is 16.5. The quantitative estimate of drug-likeness (QED) is 0.721. The molecule has 5 atom stereocenters. The Kier molecular flexibility index (Phi) is 4.34. The summed E-state index contributed by atoms with van der Waals surface area (Å²) in [6.45, 7) is 7.38. The smallest absolute Gasteiger partial charge is 0.330 e. The molecule has 2 saturated carbocycles. The Balaban J connectivity index is 1.69. The van der Waals surface area contributed by atoms with Crippen LogP contribution < -0.4 is 0 Å². The van der Waals surface area contributed by atoms with Crippen LogP contribution in [0.3, 0.4) is 0 Å². The van der Waals surface area contributed by atoms with E-state index in [0.29, 0.717) is 24.9 Å². The van der Waals surface area contributed by atoms with Gasteiger partial charge in [0, 0.05) is 24.9 Å². The Labute approximate surface area is 137 Å². The first-order valence-corrected chi connectivity index (χ1v) is 8.70. The third kappa shape index (κ3) is 3.21. The van der Waals surface area contributed by atoms with E-state index in [1.54, 1.807) is 16.7 Å². The average Bonchev–Trinajstić information content (AvgIpc) is 3.44. The molecule has 128 valence electrons. The van der Waals surface area contributed by atoms with Crippen molar-refractivity contribution in [1.29, 1.82) is 0 Å². The summed E-state index contributed by atoms with van der Waals surface area (Å²) in [6, 6.07) is -0.651. The Morgan fingerprint density at radius 1 is 1.00 bits per heavy atom. The largest absolute Gasteiger partial charge is 0.464 e. The molecule has 6 heteroatoms. The summed E-state index contributed by atoms with van der Waals surface area (Å²) in [4.78, 5) is 40.7. The zero-order chi connectivity index (χ0) is 16.7. The van der Waals surface area contributed by atoms with Gasteiger partial charge in [-0.3, -0.25) is 9.59 Å². The van der Waals surface area contributed by atoms with Gasteiger partial charge in [-0.05, 0) is 31.6 Å². The van der Waals surface area contributed by atoms with Crippen molar-refractivity contribution in [3.05, 3.63) is 0 Å². The summed E-state index contributed by atoms with van der Waals surface area (Å²) in [5.41, 5.74) is 0. The standard InChI is InChI=1S/C17H26N2O4/c1-4-23-17(22)14-9-18(15(20)12-7-10(12)2)5-6-19(14)16(21)13-8-11(13)3/h10-14H,4-9H2,1-3H3/t10-,11+,12+,13+,14-/m0/s1. The summed E-state index contributed by atoms with van der Waals surface area (Å²) in [5.74, 6) is 0.755. The molecule has 2 aliphatic carbocycles. The van der Waals surface area contributed by atoms with E-state index < -0.39 is 12.0 Å². The third-order valence-corrected chi connectivity index (χ3v) is 5.39. The SMILES string of the molecule is CCOC(=O)[C@@H]1CN(C(=O)[C@@H]2C[C@@H]2C)CCN1C(=O)[C@@H]1C[C@H]1C. The Morgan fingerprint density at radius 3 is 2.09 bits per heavy atom. The number of hydrogen-bond acceptors (Lipinski definition) is 4. The molecule has 0 spiro atoms. The minimum absolute atomic E-state index is 0.0395. The predicted molar refractivity (Wildman–Crippen MR) is 83.3 cm³/mol. The molecule has 3 fully saturated rings. The van der Waals surface area contributed by atoms with Crippen molar-refractivity contribution in [3.63, 3.8) is 0 Å². The highest BCUT2D eigenvalue weighted by Crippen LogP contribution is 2.41. The van der Waals surface area contributed by atoms with Gasteiger partial charge in [-0.2, -0.15) is 0 Å². The molecule has 0 N–H and O–H groups in total. The van der Waals surface area contributed by atoms with Crippen LogP contribution in [-0.4, -0.2) is 59.9 Å². The normalized spacial score (nSPS) is 35.7. The molecule has 0 aromatic heterocycles. The number of esters is 1. The van der Waals surface area contributed by atoms with Gasteiger partial charge in [0.25, 0.3) is 0 Å². The molecule has 0 bridgehead atoms. The lowest BCUT2D eigenvalue weighted by atomic mass is 10.1. The Hall–Kier alpha value is -1.59. The van der Waals surface area contributed by atoms with Crippen molar-refractivity contribution in [2.45, 2.75) is 39.7 Å². The molecule has 0 radical (unpaired) electrons. The van der Waals surface area contributed by atoms with Crippen molar-refractivity contribution in [3.8, 4) is 0 Å². The fraction of sp³-hybridized carbons (Fsp3) is 0.824. The van der Waals surface area contributed by atoms with E-state index in [1.165, 1.54) is 0 Å². The number of piperazine rings is 1. The van der Waals surface area contributed by atoms with E-state index >= 15 is 0 Å². The lowest BCUT2D eigenvalue weighted by molar-refractivity contribution is -0.161. The van der Waals surface area contributed by atoms with Crippen LogP contribution in [0.1, 0.15) is 33.6 Å². The number of carbonyl (C=O) groups excluding carboxylic acids is 3. The first kappa shape index (κ1) is 16.3. The van der Waals surface area contributed by atoms with Crippen molar-refractivity contribution in [2.24, 2.45) is 23.7 Å². The van der Waals surface area contributed by atoms with Crippen LogP contribution in [0.5, 0.6) is 0 Å². The number of nitrogens with zero attached hydrogens (tertiary/aromatic N) is 2. The molecule has 1 saturated heterocycles.